The van der Waals surface area contributed by atoms with Gasteiger partial charge in [-0.15, -0.1) is 0 Å². The topological polar surface area (TPSA) is 69.5 Å². The molecule has 2 aromatic rings. The van der Waals surface area contributed by atoms with Crippen LogP contribution in [0.5, 0.6) is 0 Å². The summed E-state index contributed by atoms with van der Waals surface area (Å²) in [6.45, 7) is 4.41. The summed E-state index contributed by atoms with van der Waals surface area (Å²) in [6.07, 6.45) is 0. The number of benzene rings is 2. The third-order valence-electron chi connectivity index (χ3n) is 3.83. The standard InChI is InChI=1S/C19H20FN3O/c1-13(2)19(15-5-7-16(20)8-6-15)22-12-18(24)23-17-9-3-14(11-21)4-10-17/h3-10,13,19,22H,12H2,1-2H3,(H,23,24)/p+1/t19-/m0/s1. The third kappa shape index (κ3) is 4.90. The molecule has 0 bridgehead atoms. The van der Waals surface area contributed by atoms with Crippen molar-refractivity contribution in [3.8, 4) is 6.07 Å². The van der Waals surface area contributed by atoms with Crippen LogP contribution in [0.25, 0.3) is 0 Å². The molecule has 1 atom stereocenters. The molecule has 2 aromatic carbocycles. The number of anilines is 1. The second kappa shape index (κ2) is 8.23. The highest BCUT2D eigenvalue weighted by Crippen LogP contribution is 2.17. The minimum absolute atomic E-state index is 0.0808. The summed E-state index contributed by atoms with van der Waals surface area (Å²) in [5.41, 5.74) is 2.21. The zero-order valence-electron chi connectivity index (χ0n) is 13.8. The lowest BCUT2D eigenvalue weighted by Gasteiger charge is -2.19. The van der Waals surface area contributed by atoms with Crippen molar-refractivity contribution in [1.82, 2.24) is 0 Å². The number of nitrogens with two attached hydrogens (primary N) is 1. The molecular weight excluding hydrogens is 305 g/mol. The summed E-state index contributed by atoms with van der Waals surface area (Å²) in [7, 11) is 0. The number of halogens is 1. The number of rotatable bonds is 6. The smallest absolute Gasteiger partial charge is 0.279 e. The van der Waals surface area contributed by atoms with Crippen LogP contribution in [0.2, 0.25) is 0 Å². The Morgan fingerprint density at radius 2 is 1.79 bits per heavy atom. The lowest BCUT2D eigenvalue weighted by Crippen LogP contribution is -2.88. The van der Waals surface area contributed by atoms with Crippen molar-refractivity contribution in [1.29, 1.82) is 5.26 Å². The fourth-order valence-electron chi connectivity index (χ4n) is 2.55. The minimum atomic E-state index is -0.264. The van der Waals surface area contributed by atoms with Crippen LogP contribution in [0, 0.1) is 23.1 Å². The molecule has 0 aliphatic rings. The maximum atomic E-state index is 13.1. The molecule has 0 saturated carbocycles. The fourth-order valence-corrected chi connectivity index (χ4v) is 2.55. The van der Waals surface area contributed by atoms with E-state index in [1.165, 1.54) is 12.1 Å². The van der Waals surface area contributed by atoms with E-state index >= 15 is 0 Å². The molecule has 5 heteroatoms. The van der Waals surface area contributed by atoms with E-state index in [1.54, 1.807) is 36.4 Å². The van der Waals surface area contributed by atoms with Crippen LogP contribution >= 0.6 is 0 Å². The van der Waals surface area contributed by atoms with Gasteiger partial charge in [0.25, 0.3) is 5.91 Å². The van der Waals surface area contributed by atoms with E-state index in [2.05, 4.69) is 19.2 Å². The Morgan fingerprint density at radius 3 is 2.33 bits per heavy atom. The molecular formula is C19H21FN3O+. The largest absolute Gasteiger partial charge is 0.332 e. The Bertz CT molecular complexity index is 718. The van der Waals surface area contributed by atoms with Crippen LogP contribution in [0.15, 0.2) is 48.5 Å². The van der Waals surface area contributed by atoms with Gasteiger partial charge in [-0.1, -0.05) is 26.0 Å². The van der Waals surface area contributed by atoms with Gasteiger partial charge in [-0.2, -0.15) is 5.26 Å². The molecule has 3 N–H and O–H groups in total. The van der Waals surface area contributed by atoms with Crippen molar-refractivity contribution in [3.05, 3.63) is 65.5 Å². The minimum Gasteiger partial charge on any atom is -0.332 e. The summed E-state index contributed by atoms with van der Waals surface area (Å²) in [4.78, 5) is 12.1. The molecule has 0 radical (unpaired) electrons. The van der Waals surface area contributed by atoms with Gasteiger partial charge in [0.1, 0.15) is 11.9 Å². The Hall–Kier alpha value is -2.71. The molecule has 124 valence electrons. The Kier molecular flexibility index (Phi) is 6.05. The number of nitriles is 1. The van der Waals surface area contributed by atoms with E-state index in [0.717, 1.165) is 5.56 Å². The fraction of sp³-hybridized carbons (Fsp3) is 0.263. The number of nitrogens with one attached hydrogen (secondary N) is 1. The van der Waals surface area contributed by atoms with Gasteiger partial charge >= 0.3 is 0 Å². The summed E-state index contributed by atoms with van der Waals surface area (Å²) < 4.78 is 13.1. The normalized spacial score (nSPS) is 11.8. The van der Waals surface area contributed by atoms with Gasteiger partial charge in [-0.25, -0.2) is 4.39 Å². The number of amides is 1. The van der Waals surface area contributed by atoms with Gasteiger partial charge in [0.15, 0.2) is 6.54 Å². The molecule has 0 aromatic heterocycles. The highest BCUT2D eigenvalue weighted by Gasteiger charge is 2.20. The lowest BCUT2D eigenvalue weighted by atomic mass is 9.96. The molecule has 0 unspecified atom stereocenters. The Labute approximate surface area is 141 Å². The molecule has 2 rings (SSSR count). The van der Waals surface area contributed by atoms with Gasteiger partial charge in [-0.05, 0) is 36.4 Å². The SMILES string of the molecule is CC(C)[C@H]([NH2+]CC(=O)Nc1ccc(C#N)cc1)c1ccc(F)cc1. The van der Waals surface area contributed by atoms with Crippen LogP contribution in [0.4, 0.5) is 10.1 Å². The van der Waals surface area contributed by atoms with E-state index in [0.29, 0.717) is 17.2 Å². The van der Waals surface area contributed by atoms with Crippen LogP contribution in [-0.2, 0) is 4.79 Å². The first-order valence-electron chi connectivity index (χ1n) is 7.88. The van der Waals surface area contributed by atoms with E-state index in [4.69, 9.17) is 5.26 Å². The first kappa shape index (κ1) is 17.6. The van der Waals surface area contributed by atoms with Crippen molar-refractivity contribution in [2.24, 2.45) is 5.92 Å². The number of hydrogen-bond donors (Lipinski definition) is 2. The van der Waals surface area contributed by atoms with Crippen molar-refractivity contribution >= 4 is 11.6 Å². The number of quaternary nitrogens is 1. The van der Waals surface area contributed by atoms with Crippen LogP contribution in [0.3, 0.4) is 0 Å². The van der Waals surface area contributed by atoms with Gasteiger partial charge < -0.3 is 10.6 Å². The first-order chi connectivity index (χ1) is 11.5. The molecule has 0 fully saturated rings. The molecule has 0 saturated heterocycles. The molecule has 1 amide bonds. The van der Waals surface area contributed by atoms with Crippen molar-refractivity contribution < 1.29 is 14.5 Å². The van der Waals surface area contributed by atoms with Crippen molar-refractivity contribution in [3.63, 3.8) is 0 Å². The van der Waals surface area contributed by atoms with Crippen LogP contribution < -0.4 is 10.6 Å². The van der Waals surface area contributed by atoms with Gasteiger partial charge in [-0.3, -0.25) is 4.79 Å². The number of hydrogen-bond acceptors (Lipinski definition) is 2. The number of nitrogens with zero attached hydrogens (tertiary/aromatic N) is 1. The monoisotopic (exact) mass is 326 g/mol. The van der Waals surface area contributed by atoms with E-state index < -0.39 is 0 Å². The Morgan fingerprint density at radius 1 is 1.17 bits per heavy atom. The average molecular weight is 326 g/mol. The molecule has 0 spiro atoms. The number of carbonyl (C=O) groups is 1. The predicted octanol–water partition coefficient (Wildman–Crippen LogP) is 2.60. The van der Waals surface area contributed by atoms with Gasteiger partial charge in [0.2, 0.25) is 0 Å². The second-order valence-corrected chi connectivity index (χ2v) is 6.00. The molecule has 0 heterocycles. The van der Waals surface area contributed by atoms with Crippen molar-refractivity contribution in [2.45, 2.75) is 19.9 Å². The zero-order valence-corrected chi connectivity index (χ0v) is 13.8. The lowest BCUT2D eigenvalue weighted by molar-refractivity contribution is -0.692. The number of carbonyl (C=O) groups excluding carboxylic acids is 1. The van der Waals surface area contributed by atoms with E-state index in [1.807, 2.05) is 11.4 Å². The van der Waals surface area contributed by atoms with Crippen molar-refractivity contribution in [2.75, 3.05) is 11.9 Å². The first-order valence-corrected chi connectivity index (χ1v) is 7.88. The van der Waals surface area contributed by atoms with Gasteiger partial charge in [0.05, 0.1) is 11.6 Å². The predicted molar refractivity (Wildman–Crippen MR) is 90.6 cm³/mol. The highest BCUT2D eigenvalue weighted by atomic mass is 19.1. The second-order valence-electron chi connectivity index (χ2n) is 6.00. The Balaban J connectivity index is 1.94. The molecule has 24 heavy (non-hydrogen) atoms. The average Bonchev–Trinajstić information content (AvgIpc) is 2.57. The maximum Gasteiger partial charge on any atom is 0.279 e. The molecule has 4 nitrogen and oxygen atoms in total. The third-order valence-corrected chi connectivity index (χ3v) is 3.83. The highest BCUT2D eigenvalue weighted by molar-refractivity contribution is 5.91. The van der Waals surface area contributed by atoms with Crippen LogP contribution in [-0.4, -0.2) is 12.5 Å². The summed E-state index contributed by atoms with van der Waals surface area (Å²) in [5, 5.41) is 13.5. The quantitative estimate of drug-likeness (QED) is 0.856. The summed E-state index contributed by atoms with van der Waals surface area (Å²) in [5.74, 6) is -0.0783. The van der Waals surface area contributed by atoms with E-state index in [-0.39, 0.29) is 24.3 Å². The zero-order chi connectivity index (χ0) is 17.5. The van der Waals surface area contributed by atoms with E-state index in [9.17, 15) is 9.18 Å². The van der Waals surface area contributed by atoms with Gasteiger partial charge in [0, 0.05) is 17.2 Å². The summed E-state index contributed by atoms with van der Waals surface area (Å²) >= 11 is 0. The molecule has 0 aliphatic heterocycles. The van der Waals surface area contributed by atoms with Crippen LogP contribution in [0.1, 0.15) is 31.0 Å². The summed E-state index contributed by atoms with van der Waals surface area (Å²) in [6, 6.07) is 15.2. The molecule has 0 aliphatic carbocycles. The maximum absolute atomic E-state index is 13.1.